The van der Waals surface area contributed by atoms with Crippen LogP contribution in [0.3, 0.4) is 0 Å². The monoisotopic (exact) mass is 370 g/mol. The molecule has 1 amide bonds. The maximum absolute atomic E-state index is 12.4. The predicted molar refractivity (Wildman–Crippen MR) is 98.0 cm³/mol. The van der Waals surface area contributed by atoms with Gasteiger partial charge in [0.25, 0.3) is 5.91 Å². The van der Waals surface area contributed by atoms with E-state index in [2.05, 4.69) is 10.1 Å². The number of carbonyl (C=O) groups is 2. The molecule has 0 fully saturated rings. The zero-order valence-corrected chi connectivity index (χ0v) is 14.8. The van der Waals surface area contributed by atoms with E-state index in [1.807, 2.05) is 12.1 Å². The Morgan fingerprint density at radius 3 is 2.46 bits per heavy atom. The van der Waals surface area contributed by atoms with Crippen LogP contribution in [0.1, 0.15) is 15.9 Å². The van der Waals surface area contributed by atoms with Crippen LogP contribution in [0, 0.1) is 11.3 Å². The van der Waals surface area contributed by atoms with Gasteiger partial charge in [-0.3, -0.25) is 4.79 Å². The van der Waals surface area contributed by atoms with Gasteiger partial charge >= 0.3 is 5.97 Å². The molecule has 6 nitrogen and oxygen atoms in total. The number of rotatable bonds is 5. The first kappa shape index (κ1) is 19.0. The van der Waals surface area contributed by atoms with Crippen molar-refractivity contribution in [2.45, 2.75) is 0 Å². The lowest BCUT2D eigenvalue weighted by atomic mass is 10.1. The van der Waals surface area contributed by atoms with Crippen LogP contribution in [-0.4, -0.2) is 26.1 Å². The molecule has 0 aliphatic heterocycles. The van der Waals surface area contributed by atoms with E-state index < -0.39 is 11.9 Å². The van der Waals surface area contributed by atoms with Crippen molar-refractivity contribution in [2.24, 2.45) is 0 Å². The first-order valence-corrected chi connectivity index (χ1v) is 7.82. The highest BCUT2D eigenvalue weighted by Gasteiger charge is 2.18. The van der Waals surface area contributed by atoms with Crippen molar-refractivity contribution in [1.29, 1.82) is 5.26 Å². The number of halogens is 1. The summed E-state index contributed by atoms with van der Waals surface area (Å²) in [6, 6.07) is 13.5. The van der Waals surface area contributed by atoms with Crippen molar-refractivity contribution in [1.82, 2.24) is 0 Å². The van der Waals surface area contributed by atoms with Crippen LogP contribution in [0.2, 0.25) is 5.02 Å². The molecule has 0 atom stereocenters. The topological polar surface area (TPSA) is 88.4 Å². The summed E-state index contributed by atoms with van der Waals surface area (Å²) in [6.45, 7) is 0. The van der Waals surface area contributed by atoms with Gasteiger partial charge in [-0.2, -0.15) is 5.26 Å². The van der Waals surface area contributed by atoms with Gasteiger partial charge in [0, 0.05) is 6.07 Å². The average Bonchev–Trinajstić information content (AvgIpc) is 2.67. The van der Waals surface area contributed by atoms with Gasteiger partial charge in [-0.15, -0.1) is 0 Å². The summed E-state index contributed by atoms with van der Waals surface area (Å²) in [5.41, 5.74) is 0.945. The van der Waals surface area contributed by atoms with Crippen molar-refractivity contribution in [3.8, 4) is 11.8 Å². The van der Waals surface area contributed by atoms with Crippen LogP contribution in [0.25, 0.3) is 6.08 Å². The molecule has 0 aromatic heterocycles. The molecular weight excluding hydrogens is 356 g/mol. The Morgan fingerprint density at radius 2 is 1.88 bits per heavy atom. The van der Waals surface area contributed by atoms with Crippen molar-refractivity contribution in [2.75, 3.05) is 19.5 Å². The van der Waals surface area contributed by atoms with E-state index in [4.69, 9.17) is 16.3 Å². The number of amides is 1. The minimum atomic E-state index is -0.633. The molecule has 0 radical (unpaired) electrons. The average molecular weight is 371 g/mol. The SMILES string of the molecule is COC(=O)c1cc(Cl)c(NC(=O)/C(C#N)=C/c2ccccc2)cc1OC. The van der Waals surface area contributed by atoms with E-state index in [0.29, 0.717) is 5.56 Å². The van der Waals surface area contributed by atoms with Crippen LogP contribution < -0.4 is 10.1 Å². The molecule has 132 valence electrons. The molecule has 0 aliphatic rings. The Kier molecular flexibility index (Phi) is 6.36. The van der Waals surface area contributed by atoms with E-state index in [1.54, 1.807) is 24.3 Å². The molecule has 0 heterocycles. The third kappa shape index (κ3) is 4.41. The Bertz CT molecular complexity index is 902. The molecular formula is C19H15ClN2O4. The lowest BCUT2D eigenvalue weighted by Crippen LogP contribution is -2.14. The van der Waals surface area contributed by atoms with E-state index in [-0.39, 0.29) is 27.6 Å². The van der Waals surface area contributed by atoms with Gasteiger partial charge in [0.15, 0.2) is 0 Å². The third-order valence-electron chi connectivity index (χ3n) is 3.42. The number of ether oxygens (including phenoxy) is 2. The van der Waals surface area contributed by atoms with Gasteiger partial charge < -0.3 is 14.8 Å². The molecule has 0 bridgehead atoms. The molecule has 2 aromatic rings. The molecule has 0 saturated carbocycles. The molecule has 7 heteroatoms. The number of nitriles is 1. The maximum Gasteiger partial charge on any atom is 0.341 e. The second-order valence-electron chi connectivity index (χ2n) is 5.06. The highest BCUT2D eigenvalue weighted by Crippen LogP contribution is 2.31. The summed E-state index contributed by atoms with van der Waals surface area (Å²) in [6.07, 6.45) is 1.46. The van der Waals surface area contributed by atoms with Crippen LogP contribution >= 0.6 is 11.6 Å². The zero-order valence-electron chi connectivity index (χ0n) is 14.1. The summed E-state index contributed by atoms with van der Waals surface area (Å²) in [5, 5.41) is 11.9. The number of anilines is 1. The van der Waals surface area contributed by atoms with Crippen LogP contribution in [0.15, 0.2) is 48.0 Å². The number of nitrogens with zero attached hydrogens (tertiary/aromatic N) is 1. The number of carbonyl (C=O) groups excluding carboxylic acids is 2. The van der Waals surface area contributed by atoms with E-state index in [0.717, 1.165) is 0 Å². The highest BCUT2D eigenvalue weighted by molar-refractivity contribution is 6.34. The fraction of sp³-hybridized carbons (Fsp3) is 0.105. The van der Waals surface area contributed by atoms with Gasteiger partial charge in [0.05, 0.1) is 24.9 Å². The summed E-state index contributed by atoms with van der Waals surface area (Å²) >= 11 is 6.13. The first-order valence-electron chi connectivity index (χ1n) is 7.44. The Morgan fingerprint density at radius 1 is 1.19 bits per heavy atom. The number of esters is 1. The highest BCUT2D eigenvalue weighted by atomic mass is 35.5. The predicted octanol–water partition coefficient (Wildman–Crippen LogP) is 3.68. The van der Waals surface area contributed by atoms with E-state index in [9.17, 15) is 14.9 Å². The standard InChI is InChI=1S/C19H15ClN2O4/c1-25-17-10-16(15(20)9-14(17)19(24)26-2)22-18(23)13(11-21)8-12-6-4-3-5-7-12/h3-10H,1-2H3,(H,22,23)/b13-8+. The number of nitrogens with one attached hydrogen (secondary N) is 1. The third-order valence-corrected chi connectivity index (χ3v) is 3.73. The smallest absolute Gasteiger partial charge is 0.341 e. The molecule has 26 heavy (non-hydrogen) atoms. The minimum absolute atomic E-state index is 0.0942. The lowest BCUT2D eigenvalue weighted by Gasteiger charge is -2.12. The molecule has 1 N–H and O–H groups in total. The minimum Gasteiger partial charge on any atom is -0.496 e. The van der Waals surface area contributed by atoms with Crippen molar-refractivity contribution in [3.05, 3.63) is 64.2 Å². The van der Waals surface area contributed by atoms with E-state index >= 15 is 0 Å². The van der Waals surface area contributed by atoms with Crippen LogP contribution in [-0.2, 0) is 9.53 Å². The molecule has 0 spiro atoms. The van der Waals surface area contributed by atoms with Gasteiger partial charge in [-0.05, 0) is 17.7 Å². The largest absolute Gasteiger partial charge is 0.496 e. The van der Waals surface area contributed by atoms with Gasteiger partial charge in [0.2, 0.25) is 0 Å². The van der Waals surface area contributed by atoms with Crippen LogP contribution in [0.5, 0.6) is 5.75 Å². The summed E-state index contributed by atoms with van der Waals surface area (Å²) < 4.78 is 9.80. The molecule has 2 aromatic carbocycles. The lowest BCUT2D eigenvalue weighted by molar-refractivity contribution is -0.112. The second kappa shape index (κ2) is 8.70. The van der Waals surface area contributed by atoms with Gasteiger partial charge in [-0.1, -0.05) is 41.9 Å². The number of hydrogen-bond donors (Lipinski definition) is 1. The van der Waals surface area contributed by atoms with E-state index in [1.165, 1.54) is 32.4 Å². The fourth-order valence-corrected chi connectivity index (χ4v) is 2.35. The zero-order chi connectivity index (χ0) is 19.1. The Balaban J connectivity index is 2.32. The Hall–Kier alpha value is -3.30. The van der Waals surface area contributed by atoms with Crippen LogP contribution in [0.4, 0.5) is 5.69 Å². The van der Waals surface area contributed by atoms with Gasteiger partial charge in [-0.25, -0.2) is 4.79 Å². The molecule has 0 saturated heterocycles. The number of benzene rings is 2. The molecule has 0 unspecified atom stereocenters. The maximum atomic E-state index is 12.4. The Labute approximate surface area is 155 Å². The van der Waals surface area contributed by atoms with Crippen molar-refractivity contribution in [3.63, 3.8) is 0 Å². The second-order valence-corrected chi connectivity index (χ2v) is 5.47. The first-order chi connectivity index (χ1) is 12.5. The number of hydrogen-bond acceptors (Lipinski definition) is 5. The molecule has 2 rings (SSSR count). The summed E-state index contributed by atoms with van der Waals surface area (Å²) in [4.78, 5) is 24.1. The number of methoxy groups -OCH3 is 2. The van der Waals surface area contributed by atoms with Gasteiger partial charge in [0.1, 0.15) is 23.0 Å². The molecule has 0 aliphatic carbocycles. The summed E-state index contributed by atoms with van der Waals surface area (Å²) in [5.74, 6) is -1.07. The normalized spacial score (nSPS) is 10.6. The van der Waals surface area contributed by atoms with Crippen molar-refractivity contribution < 1.29 is 19.1 Å². The van der Waals surface area contributed by atoms with Crippen molar-refractivity contribution >= 4 is 35.2 Å². The summed E-state index contributed by atoms with van der Waals surface area (Å²) in [7, 11) is 2.61. The quantitative estimate of drug-likeness (QED) is 0.492. The fourth-order valence-electron chi connectivity index (χ4n) is 2.14.